The Balaban J connectivity index is 1.73. The number of aromatic nitrogens is 2. The highest BCUT2D eigenvalue weighted by atomic mass is 35.5. The molecule has 0 spiro atoms. The molecule has 0 unspecified atom stereocenters. The van der Waals surface area contributed by atoms with Gasteiger partial charge in [-0.3, -0.25) is 14.9 Å². The average Bonchev–Trinajstić information content (AvgIpc) is 3.01. The Morgan fingerprint density at radius 2 is 1.96 bits per heavy atom. The molecule has 1 aromatic heterocycles. The number of hydrogen-bond donors (Lipinski definition) is 1. The molecule has 0 aliphatic carbocycles. The van der Waals surface area contributed by atoms with E-state index in [0.29, 0.717) is 28.0 Å². The van der Waals surface area contributed by atoms with Gasteiger partial charge in [0.1, 0.15) is 11.6 Å². The molecule has 138 valence electrons. The number of halogens is 1. The number of hydrogen-bond acceptors (Lipinski definition) is 5. The number of non-ortho nitro benzene ring substituents is 1. The van der Waals surface area contributed by atoms with Crippen molar-refractivity contribution in [2.45, 2.75) is 6.92 Å². The quantitative estimate of drug-likeness (QED) is 0.513. The van der Waals surface area contributed by atoms with Crippen molar-refractivity contribution in [3.05, 3.63) is 75.4 Å². The van der Waals surface area contributed by atoms with Gasteiger partial charge in [-0.05, 0) is 31.2 Å². The number of nitro groups is 1. The van der Waals surface area contributed by atoms with Crippen LogP contribution in [0.25, 0.3) is 5.69 Å². The minimum Gasteiger partial charge on any atom is -0.482 e. The summed E-state index contributed by atoms with van der Waals surface area (Å²) in [6.45, 7) is 1.55. The Labute approximate surface area is 159 Å². The van der Waals surface area contributed by atoms with Crippen molar-refractivity contribution in [1.29, 1.82) is 0 Å². The number of anilines is 1. The third-order valence-corrected chi connectivity index (χ3v) is 3.91. The first-order chi connectivity index (χ1) is 12.9. The maximum Gasteiger partial charge on any atom is 0.269 e. The summed E-state index contributed by atoms with van der Waals surface area (Å²) in [7, 11) is 0. The van der Waals surface area contributed by atoms with Crippen LogP contribution in [0, 0.1) is 17.0 Å². The highest BCUT2D eigenvalue weighted by Gasteiger charge is 2.13. The fourth-order valence-electron chi connectivity index (χ4n) is 2.38. The minimum atomic E-state index is -0.479. The van der Waals surface area contributed by atoms with Crippen LogP contribution in [0.2, 0.25) is 5.02 Å². The number of carbonyl (C=O) groups excluding carboxylic acids is 1. The first-order valence-corrected chi connectivity index (χ1v) is 8.30. The van der Waals surface area contributed by atoms with Gasteiger partial charge in [0, 0.05) is 18.2 Å². The molecular weight excluding hydrogens is 372 g/mol. The fraction of sp³-hybridized carbons (Fsp3) is 0.111. The van der Waals surface area contributed by atoms with E-state index in [-0.39, 0.29) is 12.3 Å². The smallest absolute Gasteiger partial charge is 0.269 e. The summed E-state index contributed by atoms with van der Waals surface area (Å²) in [5.74, 6) is 0.446. The lowest BCUT2D eigenvalue weighted by molar-refractivity contribution is -0.384. The van der Waals surface area contributed by atoms with Crippen molar-refractivity contribution in [2.24, 2.45) is 0 Å². The maximum absolute atomic E-state index is 12.2. The molecule has 0 aliphatic heterocycles. The summed E-state index contributed by atoms with van der Waals surface area (Å²) in [5, 5.41) is 18.2. The van der Waals surface area contributed by atoms with Crippen molar-refractivity contribution in [1.82, 2.24) is 9.78 Å². The first-order valence-electron chi connectivity index (χ1n) is 7.93. The van der Waals surface area contributed by atoms with E-state index in [2.05, 4.69) is 10.4 Å². The zero-order chi connectivity index (χ0) is 19.4. The number of carbonyl (C=O) groups is 1. The van der Waals surface area contributed by atoms with E-state index in [1.54, 1.807) is 49.4 Å². The van der Waals surface area contributed by atoms with E-state index in [0.717, 1.165) is 0 Å². The second kappa shape index (κ2) is 7.88. The number of amides is 1. The van der Waals surface area contributed by atoms with Gasteiger partial charge in [-0.1, -0.05) is 23.7 Å². The standard InChI is InChI=1S/C18H15ClN4O4/c1-12-10-17(20-18(24)11-27-16-5-3-2-4-15(16)19)22(21-12)13-6-8-14(9-7-13)23(25)26/h2-10H,11H2,1H3,(H,20,24). The largest absolute Gasteiger partial charge is 0.482 e. The zero-order valence-corrected chi connectivity index (χ0v) is 15.0. The van der Waals surface area contributed by atoms with Crippen LogP contribution in [0.1, 0.15) is 5.69 Å². The molecule has 9 heteroatoms. The van der Waals surface area contributed by atoms with Gasteiger partial charge in [0.25, 0.3) is 11.6 Å². The van der Waals surface area contributed by atoms with Gasteiger partial charge in [0.15, 0.2) is 6.61 Å². The van der Waals surface area contributed by atoms with E-state index >= 15 is 0 Å². The number of nitro benzene ring substituents is 1. The third-order valence-electron chi connectivity index (χ3n) is 3.60. The van der Waals surface area contributed by atoms with Crippen LogP contribution in [-0.2, 0) is 4.79 Å². The molecule has 0 saturated carbocycles. The van der Waals surface area contributed by atoms with E-state index < -0.39 is 10.8 Å². The van der Waals surface area contributed by atoms with E-state index in [9.17, 15) is 14.9 Å². The molecule has 1 N–H and O–H groups in total. The van der Waals surface area contributed by atoms with Gasteiger partial charge in [-0.15, -0.1) is 0 Å². The topological polar surface area (TPSA) is 99.3 Å². The Bertz CT molecular complexity index is 985. The Morgan fingerprint density at radius 1 is 1.26 bits per heavy atom. The Hall–Kier alpha value is -3.39. The highest BCUT2D eigenvalue weighted by Crippen LogP contribution is 2.23. The van der Waals surface area contributed by atoms with Crippen LogP contribution in [0.5, 0.6) is 5.75 Å². The molecule has 1 heterocycles. The van der Waals surface area contributed by atoms with E-state index in [1.807, 2.05) is 0 Å². The van der Waals surface area contributed by atoms with E-state index in [1.165, 1.54) is 16.8 Å². The second-order valence-corrected chi connectivity index (χ2v) is 6.03. The summed E-state index contributed by atoms with van der Waals surface area (Å²) < 4.78 is 6.91. The van der Waals surface area contributed by atoms with Crippen LogP contribution in [0.15, 0.2) is 54.6 Å². The summed E-state index contributed by atoms with van der Waals surface area (Å²) in [5.41, 5.74) is 1.23. The number of rotatable bonds is 6. The highest BCUT2D eigenvalue weighted by molar-refractivity contribution is 6.32. The number of ether oxygens (including phenoxy) is 1. The van der Waals surface area contributed by atoms with Gasteiger partial charge >= 0.3 is 0 Å². The molecule has 3 rings (SSSR count). The fourth-order valence-corrected chi connectivity index (χ4v) is 2.58. The predicted molar refractivity (Wildman–Crippen MR) is 101 cm³/mol. The van der Waals surface area contributed by atoms with Crippen LogP contribution in [0.3, 0.4) is 0 Å². The van der Waals surface area contributed by atoms with Gasteiger partial charge in [0.2, 0.25) is 0 Å². The van der Waals surface area contributed by atoms with Crippen LogP contribution in [0.4, 0.5) is 11.5 Å². The van der Waals surface area contributed by atoms with Crippen LogP contribution >= 0.6 is 11.6 Å². The molecule has 3 aromatic rings. The second-order valence-electron chi connectivity index (χ2n) is 5.62. The van der Waals surface area contributed by atoms with Gasteiger partial charge < -0.3 is 10.1 Å². The first kappa shape index (κ1) is 18.4. The maximum atomic E-state index is 12.2. The number of nitrogens with zero attached hydrogens (tertiary/aromatic N) is 3. The molecule has 0 radical (unpaired) electrons. The molecule has 0 bridgehead atoms. The number of benzene rings is 2. The zero-order valence-electron chi connectivity index (χ0n) is 14.3. The minimum absolute atomic E-state index is 0.0265. The lowest BCUT2D eigenvalue weighted by Gasteiger charge is -2.10. The van der Waals surface area contributed by atoms with Crippen molar-refractivity contribution in [3.63, 3.8) is 0 Å². The van der Waals surface area contributed by atoms with Gasteiger partial charge in [0.05, 0.1) is 21.3 Å². The third kappa shape index (κ3) is 4.42. The Kier molecular flexibility index (Phi) is 5.37. The number of para-hydroxylation sites is 1. The SMILES string of the molecule is Cc1cc(NC(=O)COc2ccccc2Cl)n(-c2ccc([N+](=O)[O-])cc2)n1. The normalized spacial score (nSPS) is 10.4. The molecule has 0 fully saturated rings. The average molecular weight is 387 g/mol. The predicted octanol–water partition coefficient (Wildman–Crippen LogP) is 3.76. The van der Waals surface area contributed by atoms with Gasteiger partial charge in [-0.25, -0.2) is 4.68 Å². The number of aryl methyl sites for hydroxylation is 1. The summed E-state index contributed by atoms with van der Waals surface area (Å²) in [6.07, 6.45) is 0. The Morgan fingerprint density at radius 3 is 2.63 bits per heavy atom. The monoisotopic (exact) mass is 386 g/mol. The molecule has 8 nitrogen and oxygen atoms in total. The molecule has 0 saturated heterocycles. The molecule has 0 aliphatic rings. The lowest BCUT2D eigenvalue weighted by atomic mass is 10.3. The lowest BCUT2D eigenvalue weighted by Crippen LogP contribution is -2.22. The van der Waals surface area contributed by atoms with Crippen LogP contribution < -0.4 is 10.1 Å². The van der Waals surface area contributed by atoms with Crippen molar-refractivity contribution < 1.29 is 14.5 Å². The van der Waals surface area contributed by atoms with E-state index in [4.69, 9.17) is 16.3 Å². The molecular formula is C18H15ClN4O4. The van der Waals surface area contributed by atoms with Crippen molar-refractivity contribution in [3.8, 4) is 11.4 Å². The summed E-state index contributed by atoms with van der Waals surface area (Å²) >= 11 is 5.99. The van der Waals surface area contributed by atoms with Crippen molar-refractivity contribution in [2.75, 3.05) is 11.9 Å². The summed E-state index contributed by atoms with van der Waals surface area (Å²) in [6, 6.07) is 14.4. The summed E-state index contributed by atoms with van der Waals surface area (Å²) in [4.78, 5) is 22.5. The van der Waals surface area contributed by atoms with Crippen molar-refractivity contribution >= 4 is 29.0 Å². The molecule has 0 atom stereocenters. The molecule has 1 amide bonds. The molecule has 27 heavy (non-hydrogen) atoms. The molecule has 2 aromatic carbocycles. The van der Waals surface area contributed by atoms with Crippen LogP contribution in [-0.4, -0.2) is 27.2 Å². The van der Waals surface area contributed by atoms with Gasteiger partial charge in [-0.2, -0.15) is 5.10 Å². The number of nitrogens with one attached hydrogen (secondary N) is 1.